The molecule has 0 aromatic rings. The van der Waals surface area contributed by atoms with E-state index in [1.165, 1.54) is 77.0 Å². The van der Waals surface area contributed by atoms with Crippen molar-refractivity contribution < 1.29 is 0 Å². The summed E-state index contributed by atoms with van der Waals surface area (Å²) in [6.45, 7) is 12.8. The average molecular weight is 371 g/mol. The third kappa shape index (κ3) is 3.16. The maximum absolute atomic E-state index is 2.74. The highest BCUT2D eigenvalue weighted by Crippen LogP contribution is 2.67. The van der Waals surface area contributed by atoms with E-state index in [2.05, 4.69) is 40.7 Å². The lowest BCUT2D eigenvalue weighted by molar-refractivity contribution is -0.0509. The zero-order valence-corrected chi connectivity index (χ0v) is 19.0. The first-order chi connectivity index (χ1) is 12.9. The topological polar surface area (TPSA) is 0 Å². The number of hydrogen-bond donors (Lipinski definition) is 0. The van der Waals surface area contributed by atoms with Crippen LogP contribution in [0.25, 0.3) is 0 Å². The lowest BCUT2D eigenvalue weighted by Gasteiger charge is -2.58. The Labute approximate surface area is 170 Å². The van der Waals surface area contributed by atoms with Crippen LogP contribution in [-0.2, 0) is 0 Å². The third-order valence-electron chi connectivity index (χ3n) is 10.6. The minimum atomic E-state index is 0.571. The maximum Gasteiger partial charge on any atom is -0.00853 e. The van der Waals surface area contributed by atoms with Crippen molar-refractivity contribution in [3.8, 4) is 0 Å². The van der Waals surface area contributed by atoms with Gasteiger partial charge in [0.2, 0.25) is 0 Å². The smallest absolute Gasteiger partial charge is 0.00853 e. The first kappa shape index (κ1) is 20.0. The number of fused-ring (bicyclic) bond motifs is 5. The Morgan fingerprint density at radius 1 is 1.00 bits per heavy atom. The molecule has 0 radical (unpaired) electrons. The van der Waals surface area contributed by atoms with Gasteiger partial charge in [-0.2, -0.15) is 0 Å². The van der Waals surface area contributed by atoms with Gasteiger partial charge in [-0.1, -0.05) is 65.5 Å². The van der Waals surface area contributed by atoms with Gasteiger partial charge in [0.25, 0.3) is 0 Å². The van der Waals surface area contributed by atoms with Crippen molar-refractivity contribution in [2.75, 3.05) is 0 Å². The van der Waals surface area contributed by atoms with Crippen molar-refractivity contribution in [1.82, 2.24) is 0 Å². The summed E-state index contributed by atoms with van der Waals surface area (Å²) in [7, 11) is 0. The Morgan fingerprint density at radius 2 is 1.78 bits per heavy atom. The summed E-state index contributed by atoms with van der Waals surface area (Å²) in [4.78, 5) is 0. The van der Waals surface area contributed by atoms with Crippen molar-refractivity contribution in [1.29, 1.82) is 0 Å². The van der Waals surface area contributed by atoms with Crippen LogP contribution in [0, 0.1) is 46.3 Å². The van der Waals surface area contributed by atoms with Gasteiger partial charge in [0, 0.05) is 0 Å². The molecule has 0 bridgehead atoms. The molecule has 0 aliphatic heterocycles. The van der Waals surface area contributed by atoms with Crippen LogP contribution in [0.5, 0.6) is 0 Å². The molecule has 4 aliphatic carbocycles. The van der Waals surface area contributed by atoms with Crippen molar-refractivity contribution in [2.24, 2.45) is 46.3 Å². The van der Waals surface area contributed by atoms with Crippen molar-refractivity contribution >= 4 is 0 Å². The van der Waals surface area contributed by atoms with E-state index in [1.54, 1.807) is 0 Å². The highest BCUT2D eigenvalue weighted by atomic mass is 14.6. The van der Waals surface area contributed by atoms with Gasteiger partial charge in [-0.05, 0) is 104 Å². The van der Waals surface area contributed by atoms with E-state index < -0.39 is 0 Å². The van der Waals surface area contributed by atoms with Crippen LogP contribution < -0.4 is 0 Å². The molecule has 0 spiro atoms. The van der Waals surface area contributed by atoms with E-state index in [4.69, 9.17) is 0 Å². The minimum Gasteiger partial charge on any atom is -0.0845 e. The van der Waals surface area contributed by atoms with Crippen LogP contribution in [-0.4, -0.2) is 0 Å². The lowest BCUT2D eigenvalue weighted by atomic mass is 9.47. The van der Waals surface area contributed by atoms with Crippen molar-refractivity contribution in [3.63, 3.8) is 0 Å². The summed E-state index contributed by atoms with van der Waals surface area (Å²) in [5, 5.41) is 0. The van der Waals surface area contributed by atoms with Crippen molar-refractivity contribution in [3.05, 3.63) is 11.6 Å². The van der Waals surface area contributed by atoms with Crippen LogP contribution in [0.1, 0.15) is 112 Å². The average Bonchev–Trinajstić information content (AvgIpc) is 3.02. The summed E-state index contributed by atoms with van der Waals surface area (Å²) in [5.74, 6) is 5.90. The van der Waals surface area contributed by atoms with Gasteiger partial charge in [-0.3, -0.25) is 0 Å². The van der Waals surface area contributed by atoms with Gasteiger partial charge < -0.3 is 0 Å². The lowest BCUT2D eigenvalue weighted by Crippen LogP contribution is -2.50. The molecule has 4 aliphatic rings. The molecule has 0 heteroatoms. The first-order valence-electron chi connectivity index (χ1n) is 12.6. The van der Waals surface area contributed by atoms with E-state index in [1.807, 2.05) is 5.57 Å². The molecular weight excluding hydrogens is 324 g/mol. The minimum absolute atomic E-state index is 0.571. The Balaban J connectivity index is 1.54. The van der Waals surface area contributed by atoms with Crippen LogP contribution in [0.15, 0.2) is 11.6 Å². The highest BCUT2D eigenvalue weighted by molar-refractivity contribution is 5.24. The molecule has 3 fully saturated rings. The summed E-state index contributed by atoms with van der Waals surface area (Å²) in [6.07, 6.45) is 20.4. The van der Waals surface area contributed by atoms with E-state index in [0.717, 1.165) is 35.5 Å². The highest BCUT2D eigenvalue weighted by Gasteiger charge is 2.58. The molecule has 4 rings (SSSR count). The van der Waals surface area contributed by atoms with E-state index in [-0.39, 0.29) is 0 Å². The normalized spacial score (nSPS) is 45.0. The summed E-state index contributed by atoms with van der Waals surface area (Å²) < 4.78 is 0. The molecule has 7 atom stereocenters. The zero-order valence-electron chi connectivity index (χ0n) is 19.0. The molecule has 154 valence electrons. The molecule has 0 nitrogen and oxygen atoms in total. The molecule has 0 aromatic heterocycles. The predicted molar refractivity (Wildman–Crippen MR) is 118 cm³/mol. The summed E-state index contributed by atoms with van der Waals surface area (Å²) in [5.41, 5.74) is 3.08. The van der Waals surface area contributed by atoms with Crippen LogP contribution >= 0.6 is 0 Å². The van der Waals surface area contributed by atoms with Crippen molar-refractivity contribution in [2.45, 2.75) is 112 Å². The molecule has 0 N–H and O–H groups in total. The Hall–Kier alpha value is -0.260. The second kappa shape index (κ2) is 7.53. The Morgan fingerprint density at radius 3 is 2.52 bits per heavy atom. The molecule has 0 saturated heterocycles. The summed E-state index contributed by atoms with van der Waals surface area (Å²) >= 11 is 0. The van der Waals surface area contributed by atoms with Gasteiger partial charge in [0.05, 0.1) is 0 Å². The van der Waals surface area contributed by atoms with Gasteiger partial charge >= 0.3 is 0 Å². The van der Waals surface area contributed by atoms with E-state index >= 15 is 0 Å². The fourth-order valence-electron chi connectivity index (χ4n) is 8.99. The fraction of sp³-hybridized carbons (Fsp3) is 0.926. The molecule has 27 heavy (non-hydrogen) atoms. The summed E-state index contributed by atoms with van der Waals surface area (Å²) in [6, 6.07) is 0. The molecule has 7 unspecified atom stereocenters. The number of hydrogen-bond acceptors (Lipinski definition) is 0. The molecule has 0 aromatic carbocycles. The quantitative estimate of drug-likeness (QED) is 0.426. The molecular formula is C27H46. The Kier molecular flexibility index (Phi) is 5.59. The second-order valence-corrected chi connectivity index (χ2v) is 11.6. The molecule has 0 heterocycles. The SMILES string of the molecule is CCC(CC)CC(C)C1CCC2C3CC=C4CCCCC4(C)C3CCC12C. The Bertz CT molecular complexity index is 554. The van der Waals surface area contributed by atoms with E-state index in [0.29, 0.717) is 10.8 Å². The standard InChI is InChI=1S/C27H46/c1-6-20(7-2)18-19(3)23-13-14-24-22-12-11-21-10-8-9-16-26(21,4)25(22)15-17-27(23,24)5/h11,19-20,22-25H,6-10,12-18H2,1-5H3. The number of allylic oxidation sites excluding steroid dienone is 2. The predicted octanol–water partition coefficient (Wildman–Crippen LogP) is 8.42. The van der Waals surface area contributed by atoms with Crippen LogP contribution in [0.4, 0.5) is 0 Å². The third-order valence-corrected chi connectivity index (χ3v) is 10.6. The van der Waals surface area contributed by atoms with E-state index in [9.17, 15) is 0 Å². The van der Waals surface area contributed by atoms with Gasteiger partial charge in [0.15, 0.2) is 0 Å². The van der Waals surface area contributed by atoms with Gasteiger partial charge in [0.1, 0.15) is 0 Å². The zero-order chi connectivity index (χ0) is 19.2. The number of rotatable bonds is 5. The van der Waals surface area contributed by atoms with Gasteiger partial charge in [-0.15, -0.1) is 0 Å². The maximum atomic E-state index is 2.74. The fourth-order valence-corrected chi connectivity index (χ4v) is 8.99. The van der Waals surface area contributed by atoms with Crippen LogP contribution in [0.3, 0.4) is 0 Å². The largest absolute Gasteiger partial charge is 0.0845 e. The molecule has 0 amide bonds. The first-order valence-corrected chi connectivity index (χ1v) is 12.6. The molecule has 3 saturated carbocycles. The second-order valence-electron chi connectivity index (χ2n) is 11.6. The van der Waals surface area contributed by atoms with Gasteiger partial charge in [-0.25, -0.2) is 0 Å². The van der Waals surface area contributed by atoms with Crippen LogP contribution in [0.2, 0.25) is 0 Å². The monoisotopic (exact) mass is 370 g/mol.